The molecule has 0 bridgehead atoms. The van der Waals surface area contributed by atoms with Crippen LogP contribution in [0, 0.1) is 0 Å². The van der Waals surface area contributed by atoms with Crippen LogP contribution in [0.1, 0.15) is 24.0 Å². The molecule has 108 valence electrons. The summed E-state index contributed by atoms with van der Waals surface area (Å²) in [4.78, 5) is 0. The maximum atomic E-state index is 3.53. The molecule has 0 fully saturated rings. The lowest BCUT2D eigenvalue weighted by molar-refractivity contribution is 0.622. The molecule has 2 aromatic carbocycles. The molecular weight excluding hydrogens is 266 g/mol. The fourth-order valence-electron chi connectivity index (χ4n) is 2.25. The van der Waals surface area contributed by atoms with Gasteiger partial charge in [0.05, 0.1) is 0 Å². The smallest absolute Gasteiger partial charge is 0.00457 e. The van der Waals surface area contributed by atoms with Crippen molar-refractivity contribution in [3.63, 3.8) is 0 Å². The number of aryl methyl sites for hydroxylation is 2. The van der Waals surface area contributed by atoms with Crippen molar-refractivity contribution >= 4 is 12.4 Å². The molecule has 0 aliphatic heterocycles. The maximum Gasteiger partial charge on any atom is -0.00457 e. The van der Waals surface area contributed by atoms with Gasteiger partial charge in [0.25, 0.3) is 0 Å². The molecule has 2 rings (SSSR count). The Balaban J connectivity index is 0.00000200. The van der Waals surface area contributed by atoms with E-state index >= 15 is 0 Å². The Kier molecular flexibility index (Phi) is 8.77. The SMILES string of the molecule is Cl.c1ccc(CCCNCCCc2ccccc2)cc1. The van der Waals surface area contributed by atoms with Crippen LogP contribution in [0.4, 0.5) is 0 Å². The van der Waals surface area contributed by atoms with Gasteiger partial charge >= 0.3 is 0 Å². The minimum absolute atomic E-state index is 0. The molecule has 0 unspecified atom stereocenters. The van der Waals surface area contributed by atoms with Crippen molar-refractivity contribution < 1.29 is 0 Å². The van der Waals surface area contributed by atoms with Crippen molar-refractivity contribution in [3.05, 3.63) is 71.8 Å². The van der Waals surface area contributed by atoms with Gasteiger partial charge in [-0.2, -0.15) is 0 Å². The van der Waals surface area contributed by atoms with E-state index in [9.17, 15) is 0 Å². The van der Waals surface area contributed by atoms with Gasteiger partial charge in [-0.05, 0) is 49.9 Å². The average molecular weight is 290 g/mol. The van der Waals surface area contributed by atoms with Crippen LogP contribution in [-0.4, -0.2) is 13.1 Å². The number of halogens is 1. The monoisotopic (exact) mass is 289 g/mol. The van der Waals surface area contributed by atoms with Crippen LogP contribution in [0.15, 0.2) is 60.7 Å². The van der Waals surface area contributed by atoms with Gasteiger partial charge in [-0.25, -0.2) is 0 Å². The summed E-state index contributed by atoms with van der Waals surface area (Å²) in [6.45, 7) is 2.23. The van der Waals surface area contributed by atoms with E-state index in [1.165, 1.54) is 36.8 Å². The standard InChI is InChI=1S/C18H23N.ClH/c1-3-9-17(10-4-1)13-7-15-19-16-8-14-18-11-5-2-6-12-18;/h1-6,9-12,19H,7-8,13-16H2;1H. The van der Waals surface area contributed by atoms with E-state index in [1.807, 2.05) is 0 Å². The highest BCUT2D eigenvalue weighted by Gasteiger charge is 1.93. The second kappa shape index (κ2) is 10.5. The van der Waals surface area contributed by atoms with Gasteiger partial charge < -0.3 is 5.32 Å². The van der Waals surface area contributed by atoms with Gasteiger partial charge in [0.15, 0.2) is 0 Å². The fraction of sp³-hybridized carbons (Fsp3) is 0.333. The summed E-state index contributed by atoms with van der Waals surface area (Å²) in [5.41, 5.74) is 2.88. The lowest BCUT2D eigenvalue weighted by Crippen LogP contribution is -2.17. The molecule has 1 N–H and O–H groups in total. The third-order valence-electron chi connectivity index (χ3n) is 3.32. The van der Waals surface area contributed by atoms with E-state index < -0.39 is 0 Å². The highest BCUT2D eigenvalue weighted by atomic mass is 35.5. The molecular formula is C18H24ClN. The quantitative estimate of drug-likeness (QED) is 0.716. The van der Waals surface area contributed by atoms with Crippen molar-refractivity contribution in [3.8, 4) is 0 Å². The minimum Gasteiger partial charge on any atom is -0.317 e. The Morgan fingerprint density at radius 3 is 1.40 bits per heavy atom. The van der Waals surface area contributed by atoms with Gasteiger partial charge in [0, 0.05) is 0 Å². The highest BCUT2D eigenvalue weighted by Crippen LogP contribution is 2.02. The predicted octanol–water partition coefficient (Wildman–Crippen LogP) is 4.26. The van der Waals surface area contributed by atoms with Gasteiger partial charge in [0.1, 0.15) is 0 Å². The molecule has 2 aromatic rings. The largest absolute Gasteiger partial charge is 0.317 e. The van der Waals surface area contributed by atoms with E-state index in [0.717, 1.165) is 13.1 Å². The summed E-state index contributed by atoms with van der Waals surface area (Å²) in [7, 11) is 0. The number of hydrogen-bond donors (Lipinski definition) is 1. The zero-order chi connectivity index (χ0) is 13.2. The summed E-state index contributed by atoms with van der Waals surface area (Å²) in [6.07, 6.45) is 4.78. The first-order valence-electron chi connectivity index (χ1n) is 7.24. The van der Waals surface area contributed by atoms with E-state index in [-0.39, 0.29) is 12.4 Å². The van der Waals surface area contributed by atoms with E-state index in [1.54, 1.807) is 0 Å². The topological polar surface area (TPSA) is 12.0 Å². The lowest BCUT2D eigenvalue weighted by atomic mass is 10.1. The molecule has 0 amide bonds. The molecule has 0 radical (unpaired) electrons. The third kappa shape index (κ3) is 6.74. The molecule has 2 heteroatoms. The Hall–Kier alpha value is -1.31. The minimum atomic E-state index is 0. The van der Waals surface area contributed by atoms with Crippen LogP contribution < -0.4 is 5.32 Å². The molecule has 20 heavy (non-hydrogen) atoms. The van der Waals surface area contributed by atoms with E-state index in [2.05, 4.69) is 66.0 Å². The van der Waals surface area contributed by atoms with Crippen molar-refractivity contribution in [1.82, 2.24) is 5.32 Å². The average Bonchev–Trinajstić information content (AvgIpc) is 2.48. The first kappa shape index (κ1) is 16.7. The Morgan fingerprint density at radius 1 is 0.600 bits per heavy atom. The van der Waals surface area contributed by atoms with Gasteiger partial charge in [-0.15, -0.1) is 12.4 Å². The molecule has 0 aromatic heterocycles. The van der Waals surface area contributed by atoms with Gasteiger partial charge in [0.2, 0.25) is 0 Å². The number of hydrogen-bond acceptors (Lipinski definition) is 1. The lowest BCUT2D eigenvalue weighted by Gasteiger charge is -2.05. The van der Waals surface area contributed by atoms with Gasteiger partial charge in [-0.1, -0.05) is 60.7 Å². The molecule has 0 aliphatic carbocycles. The van der Waals surface area contributed by atoms with Gasteiger partial charge in [-0.3, -0.25) is 0 Å². The van der Waals surface area contributed by atoms with Crippen LogP contribution in [0.2, 0.25) is 0 Å². The van der Waals surface area contributed by atoms with Crippen LogP contribution in [-0.2, 0) is 12.8 Å². The summed E-state index contributed by atoms with van der Waals surface area (Å²) in [5, 5.41) is 3.53. The van der Waals surface area contributed by atoms with Crippen molar-refractivity contribution in [1.29, 1.82) is 0 Å². The normalized spacial score (nSPS) is 10.0. The maximum absolute atomic E-state index is 3.53. The molecule has 0 saturated carbocycles. The predicted molar refractivity (Wildman–Crippen MR) is 89.6 cm³/mol. The zero-order valence-electron chi connectivity index (χ0n) is 11.9. The fourth-order valence-corrected chi connectivity index (χ4v) is 2.25. The van der Waals surface area contributed by atoms with E-state index in [0.29, 0.717) is 0 Å². The second-order valence-corrected chi connectivity index (χ2v) is 4.93. The van der Waals surface area contributed by atoms with Crippen LogP contribution >= 0.6 is 12.4 Å². The first-order chi connectivity index (χ1) is 9.45. The van der Waals surface area contributed by atoms with E-state index in [4.69, 9.17) is 0 Å². The molecule has 0 aliphatic rings. The Labute approximate surface area is 128 Å². The number of nitrogens with one attached hydrogen (secondary N) is 1. The molecule has 0 atom stereocenters. The summed E-state index contributed by atoms with van der Waals surface area (Å²) >= 11 is 0. The summed E-state index contributed by atoms with van der Waals surface area (Å²) in [5.74, 6) is 0. The van der Waals surface area contributed by atoms with Crippen molar-refractivity contribution in [2.45, 2.75) is 25.7 Å². The third-order valence-corrected chi connectivity index (χ3v) is 3.32. The zero-order valence-corrected chi connectivity index (χ0v) is 12.7. The van der Waals surface area contributed by atoms with Crippen LogP contribution in [0.5, 0.6) is 0 Å². The molecule has 0 saturated heterocycles. The highest BCUT2D eigenvalue weighted by molar-refractivity contribution is 5.85. The summed E-state index contributed by atoms with van der Waals surface area (Å²) in [6, 6.07) is 21.4. The number of benzene rings is 2. The molecule has 0 heterocycles. The van der Waals surface area contributed by atoms with Crippen LogP contribution in [0.25, 0.3) is 0 Å². The Bertz CT molecular complexity index is 398. The molecule has 1 nitrogen and oxygen atoms in total. The van der Waals surface area contributed by atoms with Crippen molar-refractivity contribution in [2.24, 2.45) is 0 Å². The second-order valence-electron chi connectivity index (χ2n) is 4.93. The number of rotatable bonds is 8. The van der Waals surface area contributed by atoms with Crippen LogP contribution in [0.3, 0.4) is 0 Å². The van der Waals surface area contributed by atoms with Crippen molar-refractivity contribution in [2.75, 3.05) is 13.1 Å². The molecule has 0 spiro atoms. The summed E-state index contributed by atoms with van der Waals surface area (Å²) < 4.78 is 0. The first-order valence-corrected chi connectivity index (χ1v) is 7.24. The Morgan fingerprint density at radius 2 is 1.00 bits per heavy atom.